The van der Waals surface area contributed by atoms with Crippen LogP contribution in [0.2, 0.25) is 5.02 Å². The van der Waals surface area contributed by atoms with E-state index in [0.29, 0.717) is 24.1 Å². The van der Waals surface area contributed by atoms with Crippen molar-refractivity contribution in [3.8, 4) is 5.75 Å². The number of hydrogen-bond donors (Lipinski definition) is 2. The number of aliphatic carboxylic acids is 1. The van der Waals surface area contributed by atoms with Crippen molar-refractivity contribution in [2.24, 2.45) is 0 Å². The maximum absolute atomic E-state index is 13.4. The molecule has 0 fully saturated rings. The van der Waals surface area contributed by atoms with Crippen LogP contribution in [0.25, 0.3) is 6.08 Å². The van der Waals surface area contributed by atoms with Crippen molar-refractivity contribution in [2.45, 2.75) is 43.2 Å². The molecular formula is C32H31ClN2O7S. The fraction of sp³-hybridized carbons (Fsp3) is 0.281. The molecule has 1 unspecified atom stereocenters. The Morgan fingerprint density at radius 3 is 2.60 bits per heavy atom. The molecule has 0 aromatic heterocycles. The lowest BCUT2D eigenvalue weighted by Gasteiger charge is -2.31. The van der Waals surface area contributed by atoms with Crippen molar-refractivity contribution in [1.82, 2.24) is 10.2 Å². The minimum Gasteiger partial charge on any atom is -0.496 e. The van der Waals surface area contributed by atoms with Crippen molar-refractivity contribution >= 4 is 45.3 Å². The smallest absolute Gasteiger partial charge is 0.326 e. The van der Waals surface area contributed by atoms with Gasteiger partial charge in [-0.1, -0.05) is 42.0 Å². The first-order chi connectivity index (χ1) is 20.5. The average Bonchev–Trinajstić information content (AvgIpc) is 2.98. The Hall–Kier alpha value is -4.15. The summed E-state index contributed by atoms with van der Waals surface area (Å²) in [5.41, 5.74) is 4.79. The van der Waals surface area contributed by atoms with Gasteiger partial charge in [0, 0.05) is 36.9 Å². The number of rotatable bonds is 8. The lowest BCUT2D eigenvalue weighted by Crippen LogP contribution is -2.43. The number of hydrogen-bond acceptors (Lipinski definition) is 6. The SMILES string of the molecule is COc1c2c(cc(Cl)c1C(=O)NC(Cc1cccc(S(C)(=O)=O)c1)C(=O)O)CN(C(=O)c1ccc3c(c1)CCC=C3)CC2. The molecular weight excluding hydrogens is 592 g/mol. The molecule has 2 aliphatic rings. The molecule has 0 saturated heterocycles. The minimum atomic E-state index is -3.50. The second kappa shape index (κ2) is 12.2. The number of carboxylic acids is 1. The van der Waals surface area contributed by atoms with Gasteiger partial charge >= 0.3 is 5.97 Å². The molecule has 3 aromatic rings. The number of benzene rings is 3. The highest BCUT2D eigenvalue weighted by Crippen LogP contribution is 2.37. The van der Waals surface area contributed by atoms with Crippen LogP contribution in [0.15, 0.2) is 59.5 Å². The molecule has 0 bridgehead atoms. The molecule has 3 aromatic carbocycles. The predicted octanol–water partition coefficient (Wildman–Crippen LogP) is 4.34. The third kappa shape index (κ3) is 6.45. The van der Waals surface area contributed by atoms with E-state index < -0.39 is 27.8 Å². The van der Waals surface area contributed by atoms with E-state index >= 15 is 0 Å². The molecule has 43 heavy (non-hydrogen) atoms. The summed E-state index contributed by atoms with van der Waals surface area (Å²) in [5.74, 6) is -1.89. The van der Waals surface area contributed by atoms with Crippen LogP contribution in [0.4, 0.5) is 0 Å². The van der Waals surface area contributed by atoms with Crippen LogP contribution in [0.5, 0.6) is 5.75 Å². The molecule has 9 nitrogen and oxygen atoms in total. The Balaban J connectivity index is 1.36. The first-order valence-electron chi connectivity index (χ1n) is 13.8. The Kier molecular flexibility index (Phi) is 8.62. The number of methoxy groups -OCH3 is 1. The number of allylic oxidation sites excluding steroid dienone is 1. The molecule has 1 atom stereocenters. The molecule has 5 rings (SSSR count). The molecule has 224 valence electrons. The molecule has 2 amide bonds. The van der Waals surface area contributed by atoms with E-state index in [1.807, 2.05) is 18.2 Å². The van der Waals surface area contributed by atoms with Gasteiger partial charge in [0.2, 0.25) is 0 Å². The number of carboxylic acid groups (broad SMARTS) is 1. The summed E-state index contributed by atoms with van der Waals surface area (Å²) in [4.78, 5) is 40.7. The molecule has 1 heterocycles. The topological polar surface area (TPSA) is 130 Å². The zero-order valence-electron chi connectivity index (χ0n) is 23.7. The zero-order valence-corrected chi connectivity index (χ0v) is 25.3. The van der Waals surface area contributed by atoms with E-state index in [9.17, 15) is 27.9 Å². The Morgan fingerprint density at radius 2 is 1.88 bits per heavy atom. The van der Waals surface area contributed by atoms with Gasteiger partial charge < -0.3 is 20.1 Å². The monoisotopic (exact) mass is 622 g/mol. The second-order valence-electron chi connectivity index (χ2n) is 10.7. The number of amides is 2. The normalized spacial score (nSPS) is 14.8. The molecule has 0 radical (unpaired) electrons. The maximum atomic E-state index is 13.4. The quantitative estimate of drug-likeness (QED) is 0.382. The summed E-state index contributed by atoms with van der Waals surface area (Å²) in [6.07, 6.45) is 7.36. The number of nitrogens with zero attached hydrogens (tertiary/aromatic N) is 1. The highest BCUT2D eigenvalue weighted by molar-refractivity contribution is 7.90. The van der Waals surface area contributed by atoms with Crippen LogP contribution in [-0.4, -0.2) is 62.2 Å². The number of aryl methyl sites for hydroxylation is 1. The number of ether oxygens (including phenoxy) is 1. The van der Waals surface area contributed by atoms with E-state index in [1.165, 1.54) is 25.3 Å². The van der Waals surface area contributed by atoms with Gasteiger partial charge in [0.15, 0.2) is 9.84 Å². The number of carbonyl (C=O) groups excluding carboxylic acids is 2. The standard InChI is InChI=1S/C32H31ClN2O7S/c1-42-29-25-12-13-35(31(37)22-11-10-20-7-3-4-8-21(20)16-22)18-23(25)17-26(33)28(29)30(36)34-27(32(38)39)15-19-6-5-9-24(14-19)43(2,40)41/h3,5-7,9-11,14,16-17,27H,4,8,12-13,15,18H2,1-2H3,(H,34,36)(H,38,39). The van der Waals surface area contributed by atoms with E-state index in [0.717, 1.165) is 41.4 Å². The number of fused-ring (bicyclic) bond motifs is 2. The molecule has 1 aliphatic carbocycles. The van der Waals surface area contributed by atoms with Crippen LogP contribution in [0.1, 0.15) is 55.0 Å². The first kappa shape index (κ1) is 30.3. The summed E-state index contributed by atoms with van der Waals surface area (Å²) >= 11 is 6.59. The second-order valence-corrected chi connectivity index (χ2v) is 13.1. The largest absolute Gasteiger partial charge is 0.496 e. The molecule has 0 saturated carbocycles. The van der Waals surface area contributed by atoms with Gasteiger partial charge in [-0.2, -0.15) is 0 Å². The van der Waals surface area contributed by atoms with E-state index in [1.54, 1.807) is 17.0 Å². The van der Waals surface area contributed by atoms with E-state index in [4.69, 9.17) is 16.3 Å². The lowest BCUT2D eigenvalue weighted by molar-refractivity contribution is -0.139. The predicted molar refractivity (Wildman–Crippen MR) is 162 cm³/mol. The van der Waals surface area contributed by atoms with Gasteiger partial charge in [-0.3, -0.25) is 9.59 Å². The Morgan fingerprint density at radius 1 is 1.09 bits per heavy atom. The number of halogens is 1. The molecule has 2 N–H and O–H groups in total. The highest BCUT2D eigenvalue weighted by Gasteiger charge is 2.31. The van der Waals surface area contributed by atoms with Gasteiger partial charge in [-0.05, 0) is 71.8 Å². The van der Waals surface area contributed by atoms with E-state index in [2.05, 4.69) is 17.5 Å². The van der Waals surface area contributed by atoms with Crippen molar-refractivity contribution in [3.63, 3.8) is 0 Å². The summed E-state index contributed by atoms with van der Waals surface area (Å²) < 4.78 is 29.5. The molecule has 1 aliphatic heterocycles. The Bertz CT molecular complexity index is 1770. The summed E-state index contributed by atoms with van der Waals surface area (Å²) in [5, 5.41) is 12.4. The number of nitrogens with one attached hydrogen (secondary N) is 1. The molecule has 11 heteroatoms. The van der Waals surface area contributed by atoms with Crippen molar-refractivity contribution in [3.05, 3.63) is 98.6 Å². The third-order valence-electron chi connectivity index (χ3n) is 7.78. The highest BCUT2D eigenvalue weighted by atomic mass is 35.5. The van der Waals surface area contributed by atoms with Crippen molar-refractivity contribution in [1.29, 1.82) is 0 Å². The van der Waals surface area contributed by atoms with Gasteiger partial charge in [-0.25, -0.2) is 13.2 Å². The number of sulfone groups is 1. The third-order valence-corrected chi connectivity index (χ3v) is 9.19. The summed E-state index contributed by atoms with van der Waals surface area (Å²) in [7, 11) is -2.09. The lowest BCUT2D eigenvalue weighted by atomic mass is 9.93. The van der Waals surface area contributed by atoms with Gasteiger partial charge in [0.05, 0.1) is 17.0 Å². The van der Waals surface area contributed by atoms with Gasteiger partial charge in [0.25, 0.3) is 11.8 Å². The van der Waals surface area contributed by atoms with Crippen LogP contribution >= 0.6 is 11.6 Å². The zero-order chi connectivity index (χ0) is 30.9. The fourth-order valence-electron chi connectivity index (χ4n) is 5.59. The van der Waals surface area contributed by atoms with E-state index in [-0.39, 0.29) is 40.1 Å². The van der Waals surface area contributed by atoms with Gasteiger partial charge in [-0.15, -0.1) is 0 Å². The number of carbonyl (C=O) groups is 3. The van der Waals surface area contributed by atoms with Crippen molar-refractivity contribution < 1.29 is 32.6 Å². The maximum Gasteiger partial charge on any atom is 0.326 e. The molecule has 0 spiro atoms. The average molecular weight is 623 g/mol. The Labute approximate surface area is 255 Å². The summed E-state index contributed by atoms with van der Waals surface area (Å²) in [6, 6.07) is 11.9. The van der Waals surface area contributed by atoms with Crippen LogP contribution in [-0.2, 0) is 40.4 Å². The first-order valence-corrected chi connectivity index (χ1v) is 16.0. The van der Waals surface area contributed by atoms with Gasteiger partial charge in [0.1, 0.15) is 17.4 Å². The minimum absolute atomic E-state index is 0.00146. The van der Waals surface area contributed by atoms with Crippen LogP contribution < -0.4 is 10.1 Å². The van der Waals surface area contributed by atoms with Crippen molar-refractivity contribution in [2.75, 3.05) is 19.9 Å². The van der Waals surface area contributed by atoms with Crippen LogP contribution in [0.3, 0.4) is 0 Å². The summed E-state index contributed by atoms with van der Waals surface area (Å²) in [6.45, 7) is 0.674. The fourth-order valence-corrected chi connectivity index (χ4v) is 6.59. The van der Waals surface area contributed by atoms with Crippen LogP contribution in [0, 0.1) is 0 Å².